The number of rotatable bonds is 5. The summed E-state index contributed by atoms with van der Waals surface area (Å²) in [6, 6.07) is 9.14. The summed E-state index contributed by atoms with van der Waals surface area (Å²) in [7, 11) is 0. The van der Waals surface area contributed by atoms with E-state index in [-0.39, 0.29) is 34.8 Å². The van der Waals surface area contributed by atoms with Crippen molar-refractivity contribution in [3.8, 4) is 0 Å². The monoisotopic (exact) mass is 426 g/mol. The van der Waals surface area contributed by atoms with Gasteiger partial charge in [-0.3, -0.25) is 4.79 Å². The van der Waals surface area contributed by atoms with Crippen LogP contribution in [0, 0.1) is 11.3 Å². The van der Waals surface area contributed by atoms with Crippen LogP contribution in [0.3, 0.4) is 0 Å². The number of hydrogen-bond donors (Lipinski definition) is 2. The van der Waals surface area contributed by atoms with Crippen LogP contribution in [0.5, 0.6) is 0 Å². The van der Waals surface area contributed by atoms with Crippen LogP contribution in [-0.4, -0.2) is 40.3 Å². The molecule has 4 atom stereocenters. The van der Waals surface area contributed by atoms with E-state index in [1.165, 1.54) is 13.0 Å². The first-order valence-electron chi connectivity index (χ1n) is 10.1. The highest BCUT2D eigenvalue weighted by Gasteiger charge is 2.54. The predicted molar refractivity (Wildman–Crippen MR) is 112 cm³/mol. The highest BCUT2D eigenvalue weighted by atomic mass is 16.6. The third-order valence-corrected chi connectivity index (χ3v) is 6.33. The summed E-state index contributed by atoms with van der Waals surface area (Å²) < 4.78 is 10.7. The molecule has 1 fully saturated rings. The zero-order valence-corrected chi connectivity index (χ0v) is 17.7. The largest absolute Gasteiger partial charge is 0.515 e. The number of Topliss-reactive ketones (excluding diaryl/α,β-unsaturated/α-hetero) is 1. The molecule has 1 heterocycles. The lowest BCUT2D eigenvalue weighted by Crippen LogP contribution is -2.49. The molecule has 3 rings (SSSR count). The van der Waals surface area contributed by atoms with Crippen LogP contribution in [0.4, 0.5) is 0 Å². The molecule has 2 N–H and O–H groups in total. The quantitative estimate of drug-likeness (QED) is 0.422. The third-order valence-electron chi connectivity index (χ3n) is 6.33. The topological polar surface area (TPSA) is 110 Å². The van der Waals surface area contributed by atoms with Gasteiger partial charge in [0.05, 0.1) is 6.26 Å². The van der Waals surface area contributed by atoms with Gasteiger partial charge in [0.15, 0.2) is 5.78 Å². The molecule has 0 bridgehead atoms. The Bertz CT molecular complexity index is 973. The molecule has 0 radical (unpaired) electrons. The van der Waals surface area contributed by atoms with Crippen LogP contribution in [-0.2, 0) is 23.9 Å². The number of aliphatic hydroxyl groups excluding tert-OH is 2. The lowest BCUT2D eigenvalue weighted by Gasteiger charge is -2.45. The van der Waals surface area contributed by atoms with E-state index in [0.29, 0.717) is 6.42 Å². The van der Waals surface area contributed by atoms with E-state index in [9.17, 15) is 24.6 Å². The molecule has 1 aliphatic carbocycles. The van der Waals surface area contributed by atoms with Gasteiger partial charge in [-0.2, -0.15) is 0 Å². The van der Waals surface area contributed by atoms with Crippen molar-refractivity contribution in [2.24, 2.45) is 11.3 Å². The van der Waals surface area contributed by atoms with Crippen molar-refractivity contribution in [3.05, 3.63) is 65.0 Å². The fraction of sp³-hybridized carbons (Fsp3) is 0.375. The van der Waals surface area contributed by atoms with Gasteiger partial charge in [-0.1, -0.05) is 44.2 Å². The van der Waals surface area contributed by atoms with Crippen LogP contribution in [0.15, 0.2) is 59.4 Å². The number of hydrogen-bond acceptors (Lipinski definition) is 7. The van der Waals surface area contributed by atoms with E-state index in [0.717, 1.165) is 11.8 Å². The summed E-state index contributed by atoms with van der Waals surface area (Å²) in [5.41, 5.74) is -0.112. The molecule has 164 valence electrons. The van der Waals surface area contributed by atoms with Crippen molar-refractivity contribution in [1.29, 1.82) is 0 Å². The van der Waals surface area contributed by atoms with E-state index in [2.05, 4.69) is 0 Å². The summed E-state index contributed by atoms with van der Waals surface area (Å²) in [4.78, 5) is 37.4. The number of carbonyl (C=O) groups excluding carboxylic acids is 3. The molecule has 0 spiro atoms. The molecule has 2 aliphatic rings. The van der Waals surface area contributed by atoms with Crippen molar-refractivity contribution >= 4 is 23.8 Å². The average molecular weight is 426 g/mol. The Balaban J connectivity index is 2.03. The second kappa shape index (κ2) is 8.89. The molecule has 7 nitrogen and oxygen atoms in total. The van der Waals surface area contributed by atoms with Gasteiger partial charge in [-0.05, 0) is 30.9 Å². The second-order valence-electron chi connectivity index (χ2n) is 8.09. The van der Waals surface area contributed by atoms with E-state index in [1.807, 2.05) is 37.3 Å². The SMILES string of the molecule is CC1=C(C(OC(=O)C=Cc2ccccc2)C2(C)C(=CO)C(=O)CCC2C)C(O)OC1=O. The number of esters is 2. The zero-order valence-electron chi connectivity index (χ0n) is 17.7. The molecule has 0 aromatic heterocycles. The zero-order chi connectivity index (χ0) is 22.8. The number of ether oxygens (including phenoxy) is 2. The van der Waals surface area contributed by atoms with Crippen molar-refractivity contribution in [1.82, 2.24) is 0 Å². The van der Waals surface area contributed by atoms with E-state index in [4.69, 9.17) is 9.47 Å². The molecule has 7 heteroatoms. The van der Waals surface area contributed by atoms with Gasteiger partial charge >= 0.3 is 11.9 Å². The van der Waals surface area contributed by atoms with Gasteiger partial charge in [-0.25, -0.2) is 9.59 Å². The first kappa shape index (κ1) is 22.5. The summed E-state index contributed by atoms with van der Waals surface area (Å²) in [5, 5.41) is 20.3. The number of carbonyl (C=O) groups is 3. The van der Waals surface area contributed by atoms with Crippen LogP contribution >= 0.6 is 0 Å². The fourth-order valence-electron chi connectivity index (χ4n) is 4.23. The van der Waals surface area contributed by atoms with Gasteiger partial charge in [0.1, 0.15) is 6.10 Å². The van der Waals surface area contributed by atoms with Gasteiger partial charge in [0.2, 0.25) is 6.29 Å². The van der Waals surface area contributed by atoms with E-state index < -0.39 is 29.7 Å². The summed E-state index contributed by atoms with van der Waals surface area (Å²) in [6.45, 7) is 5.03. The molecular weight excluding hydrogens is 400 g/mol. The summed E-state index contributed by atoms with van der Waals surface area (Å²) in [6.07, 6.45) is 1.49. The molecule has 0 saturated heterocycles. The predicted octanol–water partition coefficient (Wildman–Crippen LogP) is 3.25. The van der Waals surface area contributed by atoms with E-state index >= 15 is 0 Å². The highest BCUT2D eigenvalue weighted by molar-refractivity contribution is 5.98. The maximum absolute atomic E-state index is 12.7. The van der Waals surface area contributed by atoms with E-state index in [1.54, 1.807) is 13.0 Å². The summed E-state index contributed by atoms with van der Waals surface area (Å²) >= 11 is 0. The first-order chi connectivity index (χ1) is 14.7. The van der Waals surface area contributed by atoms with Crippen LogP contribution in [0.2, 0.25) is 0 Å². The molecule has 4 unspecified atom stereocenters. The molecule has 1 aromatic rings. The molecular formula is C24H26O7. The first-order valence-corrected chi connectivity index (χ1v) is 10.1. The number of ketones is 1. The minimum Gasteiger partial charge on any atom is -0.515 e. The van der Waals surface area contributed by atoms with Crippen LogP contribution in [0.25, 0.3) is 6.08 Å². The third kappa shape index (κ3) is 4.18. The van der Waals surface area contributed by atoms with Crippen molar-refractivity contribution in [3.63, 3.8) is 0 Å². The van der Waals surface area contributed by atoms with Gasteiger partial charge in [0, 0.05) is 34.6 Å². The molecule has 1 saturated carbocycles. The van der Waals surface area contributed by atoms with Crippen molar-refractivity contribution in [2.75, 3.05) is 0 Å². The standard InChI is InChI=1S/C24H26O7/c1-14-9-11-18(26)17(13-25)24(14,3)21(20-15(2)22(28)31-23(20)29)30-19(27)12-10-16-7-5-4-6-8-16/h4-8,10,12-14,21,23,25,29H,9,11H2,1-3H3. The minimum absolute atomic E-state index is 0.0786. The Morgan fingerprint density at radius 1 is 1.29 bits per heavy atom. The summed E-state index contributed by atoms with van der Waals surface area (Å²) in [5.74, 6) is -1.93. The Morgan fingerprint density at radius 2 is 1.97 bits per heavy atom. The normalized spacial score (nSPS) is 28.8. The Kier molecular flexibility index (Phi) is 6.45. The fourth-order valence-corrected chi connectivity index (χ4v) is 4.23. The molecule has 1 aromatic carbocycles. The Labute approximate surface area is 180 Å². The average Bonchev–Trinajstić information content (AvgIpc) is 3.00. The number of benzene rings is 1. The smallest absolute Gasteiger partial charge is 0.336 e. The Morgan fingerprint density at radius 3 is 2.55 bits per heavy atom. The molecule has 1 aliphatic heterocycles. The van der Waals surface area contributed by atoms with Crippen molar-refractivity contribution < 1.29 is 34.1 Å². The van der Waals surface area contributed by atoms with Crippen LogP contribution < -0.4 is 0 Å². The van der Waals surface area contributed by atoms with Gasteiger partial charge < -0.3 is 19.7 Å². The maximum atomic E-state index is 12.7. The number of aliphatic hydroxyl groups is 2. The lowest BCUT2D eigenvalue weighted by molar-refractivity contribution is -0.158. The highest BCUT2D eigenvalue weighted by Crippen LogP contribution is 2.50. The molecule has 0 amide bonds. The number of cyclic esters (lactones) is 1. The van der Waals surface area contributed by atoms with Gasteiger partial charge in [-0.15, -0.1) is 0 Å². The second-order valence-corrected chi connectivity index (χ2v) is 8.09. The van der Waals surface area contributed by atoms with Crippen LogP contribution in [0.1, 0.15) is 39.2 Å². The van der Waals surface area contributed by atoms with Gasteiger partial charge in [0.25, 0.3) is 0 Å². The molecule has 31 heavy (non-hydrogen) atoms. The van der Waals surface area contributed by atoms with Crippen molar-refractivity contribution in [2.45, 2.75) is 46.0 Å². The maximum Gasteiger partial charge on any atom is 0.336 e. The minimum atomic E-state index is -1.61. The lowest BCUT2D eigenvalue weighted by atomic mass is 9.60. The Hall–Kier alpha value is -3.19.